The number of amides is 1. The third-order valence-corrected chi connectivity index (χ3v) is 3.46. The first-order chi connectivity index (χ1) is 10.1. The van der Waals surface area contributed by atoms with Gasteiger partial charge in [0.2, 0.25) is 0 Å². The van der Waals surface area contributed by atoms with Crippen molar-refractivity contribution in [3.63, 3.8) is 0 Å². The zero-order valence-electron chi connectivity index (χ0n) is 12.1. The number of benzene rings is 2. The van der Waals surface area contributed by atoms with Crippen LogP contribution in [0.15, 0.2) is 53.6 Å². The second-order valence-electron chi connectivity index (χ2n) is 4.70. The molecule has 1 amide bonds. The van der Waals surface area contributed by atoms with Crippen molar-refractivity contribution >= 4 is 23.2 Å². The first-order valence-corrected chi connectivity index (χ1v) is 7.17. The number of halogens is 1. The van der Waals surface area contributed by atoms with Gasteiger partial charge in [-0.05, 0) is 48.7 Å². The molecular weight excluding hydrogens is 284 g/mol. The van der Waals surface area contributed by atoms with Crippen molar-refractivity contribution in [2.24, 2.45) is 5.10 Å². The molecular formula is C17H17ClN2O. The molecule has 0 aliphatic carbocycles. The summed E-state index contributed by atoms with van der Waals surface area (Å²) < 4.78 is 0. The van der Waals surface area contributed by atoms with E-state index in [1.807, 2.05) is 19.1 Å². The maximum Gasteiger partial charge on any atom is 0.271 e. The van der Waals surface area contributed by atoms with Crippen molar-refractivity contribution in [2.75, 3.05) is 0 Å². The smallest absolute Gasteiger partial charge is 0.267 e. The predicted molar refractivity (Wildman–Crippen MR) is 86.9 cm³/mol. The lowest BCUT2D eigenvalue weighted by Crippen LogP contribution is -2.19. The highest BCUT2D eigenvalue weighted by molar-refractivity contribution is 6.30. The molecule has 2 rings (SSSR count). The third kappa shape index (κ3) is 4.17. The van der Waals surface area contributed by atoms with Crippen LogP contribution < -0.4 is 5.43 Å². The molecule has 0 spiro atoms. The van der Waals surface area contributed by atoms with Crippen LogP contribution in [-0.4, -0.2) is 11.6 Å². The maximum absolute atomic E-state index is 11.9. The van der Waals surface area contributed by atoms with E-state index in [-0.39, 0.29) is 5.91 Å². The molecule has 0 unspecified atom stereocenters. The van der Waals surface area contributed by atoms with E-state index in [2.05, 4.69) is 29.6 Å². The summed E-state index contributed by atoms with van der Waals surface area (Å²) in [7, 11) is 0. The molecule has 0 saturated heterocycles. The maximum atomic E-state index is 11.9. The van der Waals surface area contributed by atoms with Gasteiger partial charge < -0.3 is 0 Å². The Kier molecular flexibility index (Phi) is 5.12. The second-order valence-corrected chi connectivity index (χ2v) is 5.13. The Morgan fingerprint density at radius 2 is 1.62 bits per heavy atom. The first-order valence-electron chi connectivity index (χ1n) is 6.79. The van der Waals surface area contributed by atoms with Crippen LogP contribution in [0.2, 0.25) is 5.02 Å². The van der Waals surface area contributed by atoms with Crippen LogP contribution in [0.25, 0.3) is 0 Å². The molecule has 0 fully saturated rings. The zero-order chi connectivity index (χ0) is 15.2. The molecule has 21 heavy (non-hydrogen) atoms. The summed E-state index contributed by atoms with van der Waals surface area (Å²) in [6.45, 7) is 3.98. The van der Waals surface area contributed by atoms with Gasteiger partial charge in [0.1, 0.15) is 0 Å². The zero-order valence-corrected chi connectivity index (χ0v) is 12.8. The van der Waals surface area contributed by atoms with Gasteiger partial charge in [0.25, 0.3) is 5.91 Å². The standard InChI is InChI=1S/C17H17ClN2O/c1-3-13-4-6-14(7-5-13)12(2)19-20-17(21)15-8-10-16(18)11-9-15/h4-11H,3H2,1-2H3,(H,20,21)/b19-12+. The number of hydrogen-bond donors (Lipinski definition) is 1. The van der Waals surface area contributed by atoms with E-state index < -0.39 is 0 Å². The van der Waals surface area contributed by atoms with E-state index >= 15 is 0 Å². The number of hydrogen-bond acceptors (Lipinski definition) is 2. The van der Waals surface area contributed by atoms with Crippen LogP contribution in [-0.2, 0) is 6.42 Å². The van der Waals surface area contributed by atoms with E-state index in [4.69, 9.17) is 11.6 Å². The van der Waals surface area contributed by atoms with Crippen LogP contribution >= 0.6 is 11.6 Å². The van der Waals surface area contributed by atoms with E-state index in [1.165, 1.54) is 5.56 Å². The average molecular weight is 301 g/mol. The Morgan fingerprint density at radius 3 is 2.19 bits per heavy atom. The fourth-order valence-electron chi connectivity index (χ4n) is 1.85. The number of aryl methyl sites for hydroxylation is 1. The van der Waals surface area contributed by atoms with Crippen molar-refractivity contribution < 1.29 is 4.79 Å². The molecule has 2 aromatic rings. The minimum absolute atomic E-state index is 0.254. The molecule has 1 N–H and O–H groups in total. The molecule has 0 radical (unpaired) electrons. The van der Waals surface area contributed by atoms with Gasteiger partial charge in [-0.15, -0.1) is 0 Å². The molecule has 3 nitrogen and oxygen atoms in total. The van der Waals surface area contributed by atoms with Gasteiger partial charge in [-0.1, -0.05) is 42.8 Å². The summed E-state index contributed by atoms with van der Waals surface area (Å²) in [4.78, 5) is 11.9. The Hall–Kier alpha value is -2.13. The van der Waals surface area contributed by atoms with Crippen LogP contribution in [0.5, 0.6) is 0 Å². The minimum Gasteiger partial charge on any atom is -0.267 e. The van der Waals surface area contributed by atoms with Crippen molar-refractivity contribution in [1.82, 2.24) is 5.43 Å². The molecule has 0 atom stereocenters. The van der Waals surface area contributed by atoms with Gasteiger partial charge in [-0.2, -0.15) is 5.10 Å². The van der Waals surface area contributed by atoms with Crippen molar-refractivity contribution in [1.29, 1.82) is 0 Å². The fourth-order valence-corrected chi connectivity index (χ4v) is 1.97. The molecule has 0 aromatic heterocycles. The lowest BCUT2D eigenvalue weighted by atomic mass is 10.1. The van der Waals surface area contributed by atoms with Crippen molar-refractivity contribution in [3.05, 3.63) is 70.2 Å². The van der Waals surface area contributed by atoms with Crippen LogP contribution in [0.1, 0.15) is 35.3 Å². The minimum atomic E-state index is -0.254. The number of carbonyl (C=O) groups excluding carboxylic acids is 1. The summed E-state index contributed by atoms with van der Waals surface area (Å²) in [6.07, 6.45) is 1.00. The van der Waals surface area contributed by atoms with Gasteiger partial charge in [0.15, 0.2) is 0 Å². The Labute approximate surface area is 129 Å². The molecule has 4 heteroatoms. The second kappa shape index (κ2) is 7.04. The number of rotatable bonds is 4. The van der Waals surface area contributed by atoms with Crippen LogP contribution in [0, 0.1) is 0 Å². The summed E-state index contributed by atoms with van der Waals surface area (Å²) in [6, 6.07) is 14.8. The number of nitrogens with one attached hydrogen (secondary N) is 1. The Morgan fingerprint density at radius 1 is 1.05 bits per heavy atom. The third-order valence-electron chi connectivity index (χ3n) is 3.21. The molecule has 0 aliphatic rings. The topological polar surface area (TPSA) is 41.5 Å². The van der Waals surface area contributed by atoms with E-state index in [0.717, 1.165) is 17.7 Å². The quantitative estimate of drug-likeness (QED) is 0.671. The summed E-state index contributed by atoms with van der Waals surface area (Å²) in [5.74, 6) is -0.254. The largest absolute Gasteiger partial charge is 0.271 e. The van der Waals surface area contributed by atoms with Gasteiger partial charge in [-0.3, -0.25) is 4.79 Å². The first kappa shape index (κ1) is 15.3. The van der Waals surface area contributed by atoms with Gasteiger partial charge in [-0.25, -0.2) is 5.43 Å². The number of hydrazone groups is 1. The summed E-state index contributed by atoms with van der Waals surface area (Å²) in [5, 5.41) is 4.73. The highest BCUT2D eigenvalue weighted by atomic mass is 35.5. The Balaban J connectivity index is 2.05. The number of nitrogens with zero attached hydrogens (tertiary/aromatic N) is 1. The lowest BCUT2D eigenvalue weighted by molar-refractivity contribution is 0.0955. The van der Waals surface area contributed by atoms with Crippen molar-refractivity contribution in [3.8, 4) is 0 Å². The monoisotopic (exact) mass is 300 g/mol. The normalized spacial score (nSPS) is 11.3. The van der Waals surface area contributed by atoms with Crippen molar-refractivity contribution in [2.45, 2.75) is 20.3 Å². The fraction of sp³-hybridized carbons (Fsp3) is 0.176. The average Bonchev–Trinajstić information content (AvgIpc) is 2.53. The van der Waals surface area contributed by atoms with Gasteiger partial charge >= 0.3 is 0 Å². The highest BCUT2D eigenvalue weighted by Gasteiger charge is 2.04. The van der Waals surface area contributed by atoms with Crippen LogP contribution in [0.4, 0.5) is 0 Å². The molecule has 0 aliphatic heterocycles. The lowest BCUT2D eigenvalue weighted by Gasteiger charge is -2.04. The highest BCUT2D eigenvalue weighted by Crippen LogP contribution is 2.09. The van der Waals surface area contributed by atoms with E-state index in [0.29, 0.717) is 10.6 Å². The molecule has 0 bridgehead atoms. The SMILES string of the molecule is CCc1ccc(/C(C)=N/NC(=O)c2ccc(Cl)cc2)cc1. The number of carbonyl (C=O) groups is 1. The molecule has 108 valence electrons. The predicted octanol–water partition coefficient (Wildman–Crippen LogP) is 4.06. The summed E-state index contributed by atoms with van der Waals surface area (Å²) >= 11 is 5.79. The van der Waals surface area contributed by atoms with Gasteiger partial charge in [0, 0.05) is 10.6 Å². The summed E-state index contributed by atoms with van der Waals surface area (Å²) in [5.41, 5.74) is 6.10. The Bertz CT molecular complexity index is 645. The molecule has 0 heterocycles. The molecule has 2 aromatic carbocycles. The van der Waals surface area contributed by atoms with E-state index in [1.54, 1.807) is 24.3 Å². The van der Waals surface area contributed by atoms with Crippen LogP contribution in [0.3, 0.4) is 0 Å². The van der Waals surface area contributed by atoms with E-state index in [9.17, 15) is 4.79 Å². The molecule has 0 saturated carbocycles. The van der Waals surface area contributed by atoms with Gasteiger partial charge in [0.05, 0.1) is 5.71 Å².